The van der Waals surface area contributed by atoms with E-state index in [4.69, 9.17) is 32.6 Å². The molecule has 0 saturated carbocycles. The first-order valence-electron chi connectivity index (χ1n) is 10.1. The van der Waals surface area contributed by atoms with Crippen molar-refractivity contribution in [2.45, 2.75) is 0 Å². The molecule has 0 aliphatic carbocycles. The highest BCUT2D eigenvalue weighted by atomic mass is 35.5. The molecule has 7 heteroatoms. The highest BCUT2D eigenvalue weighted by Gasteiger charge is 2.35. The van der Waals surface area contributed by atoms with Crippen molar-refractivity contribution < 1.29 is 9.21 Å². The third-order valence-electron chi connectivity index (χ3n) is 4.91. The number of halogens is 2. The normalized spacial score (nSPS) is 16.2. The summed E-state index contributed by atoms with van der Waals surface area (Å²) in [5.74, 6) is 1.03. The molecular weight excluding hydrogens is 475 g/mol. The van der Waals surface area contributed by atoms with E-state index >= 15 is 0 Å². The maximum Gasteiger partial charge on any atom is 0.271 e. The highest BCUT2D eigenvalue weighted by molar-refractivity contribution is 8.19. The highest BCUT2D eigenvalue weighted by Crippen LogP contribution is 2.38. The van der Waals surface area contributed by atoms with E-state index in [-0.39, 0.29) is 5.91 Å². The Labute approximate surface area is 205 Å². The molecule has 1 amide bonds. The monoisotopic (exact) mass is 490 g/mol. The van der Waals surface area contributed by atoms with Gasteiger partial charge in [0.05, 0.1) is 26.3 Å². The summed E-state index contributed by atoms with van der Waals surface area (Å²) in [6, 6.07) is 28.0. The molecule has 162 valence electrons. The lowest BCUT2D eigenvalue weighted by Crippen LogP contribution is -2.28. The van der Waals surface area contributed by atoms with Crippen molar-refractivity contribution in [1.29, 1.82) is 0 Å². The number of furan rings is 1. The molecule has 0 spiro atoms. The van der Waals surface area contributed by atoms with Gasteiger partial charge >= 0.3 is 0 Å². The number of carbonyl (C=O) groups is 1. The Hall–Kier alpha value is -3.25. The summed E-state index contributed by atoms with van der Waals surface area (Å²) in [6.07, 6.45) is 1.73. The quantitative estimate of drug-likeness (QED) is 0.271. The second kappa shape index (κ2) is 9.32. The summed E-state index contributed by atoms with van der Waals surface area (Å²) in [5, 5.41) is 1.51. The van der Waals surface area contributed by atoms with Crippen LogP contribution in [0.5, 0.6) is 0 Å². The van der Waals surface area contributed by atoms with Gasteiger partial charge in [0.25, 0.3) is 5.91 Å². The molecule has 4 aromatic rings. The van der Waals surface area contributed by atoms with Crippen LogP contribution in [0.4, 0.5) is 11.4 Å². The summed E-state index contributed by atoms with van der Waals surface area (Å²) < 4.78 is 5.97. The lowest BCUT2D eigenvalue weighted by Gasteiger charge is -2.15. The van der Waals surface area contributed by atoms with Gasteiger partial charge in [-0.15, -0.1) is 0 Å². The Kier molecular flexibility index (Phi) is 6.09. The minimum atomic E-state index is -0.159. The van der Waals surface area contributed by atoms with Crippen molar-refractivity contribution in [2.24, 2.45) is 4.99 Å². The molecule has 0 atom stereocenters. The number of thioether (sulfide) groups is 1. The Morgan fingerprint density at radius 3 is 2.30 bits per heavy atom. The molecule has 33 heavy (non-hydrogen) atoms. The van der Waals surface area contributed by atoms with Gasteiger partial charge in [-0.05, 0) is 66.4 Å². The minimum Gasteiger partial charge on any atom is -0.457 e. The maximum absolute atomic E-state index is 13.4. The molecule has 0 bridgehead atoms. The summed E-state index contributed by atoms with van der Waals surface area (Å²) in [5.41, 5.74) is 2.33. The molecule has 4 nitrogen and oxygen atoms in total. The molecule has 1 fully saturated rings. The van der Waals surface area contributed by atoms with Crippen LogP contribution in [0.25, 0.3) is 17.4 Å². The molecule has 0 N–H and O–H groups in total. The molecule has 1 aromatic heterocycles. The average molecular weight is 491 g/mol. The number of hydrogen-bond acceptors (Lipinski definition) is 4. The Balaban J connectivity index is 1.50. The van der Waals surface area contributed by atoms with Gasteiger partial charge in [-0.2, -0.15) is 0 Å². The number of nitrogens with zero attached hydrogens (tertiary/aromatic N) is 2. The first kappa shape index (κ1) is 21.6. The summed E-state index contributed by atoms with van der Waals surface area (Å²) in [7, 11) is 0. The zero-order chi connectivity index (χ0) is 22.8. The fraction of sp³-hybridized carbons (Fsp3) is 0. The predicted octanol–water partition coefficient (Wildman–Crippen LogP) is 8.06. The summed E-state index contributed by atoms with van der Waals surface area (Å²) in [6.45, 7) is 0. The van der Waals surface area contributed by atoms with Crippen LogP contribution in [-0.2, 0) is 4.79 Å². The van der Waals surface area contributed by atoms with Crippen LogP contribution in [-0.4, -0.2) is 11.1 Å². The number of anilines is 1. The van der Waals surface area contributed by atoms with Crippen LogP contribution in [0, 0.1) is 0 Å². The fourth-order valence-electron chi connectivity index (χ4n) is 3.33. The number of carbonyl (C=O) groups excluding carboxylic acids is 1. The van der Waals surface area contributed by atoms with E-state index in [0.717, 1.165) is 16.9 Å². The first-order valence-corrected chi connectivity index (χ1v) is 11.6. The topological polar surface area (TPSA) is 45.8 Å². The molecule has 5 rings (SSSR count). The predicted molar refractivity (Wildman–Crippen MR) is 137 cm³/mol. The molecule has 1 aliphatic heterocycles. The number of aliphatic imine (C=N–C) groups is 1. The van der Waals surface area contributed by atoms with Crippen LogP contribution in [0.2, 0.25) is 10.0 Å². The zero-order valence-corrected chi connectivity index (χ0v) is 19.4. The van der Waals surface area contributed by atoms with E-state index in [2.05, 4.69) is 0 Å². The fourth-order valence-corrected chi connectivity index (χ4v) is 4.61. The minimum absolute atomic E-state index is 0.159. The summed E-state index contributed by atoms with van der Waals surface area (Å²) >= 11 is 13.5. The maximum atomic E-state index is 13.4. The lowest BCUT2D eigenvalue weighted by molar-refractivity contribution is -0.113. The number of benzene rings is 3. The molecule has 1 saturated heterocycles. The number of hydrogen-bond donors (Lipinski definition) is 0. The Bertz CT molecular complexity index is 1380. The van der Waals surface area contributed by atoms with Crippen molar-refractivity contribution in [3.8, 4) is 11.3 Å². The Morgan fingerprint density at radius 1 is 0.848 bits per heavy atom. The van der Waals surface area contributed by atoms with E-state index in [0.29, 0.717) is 31.6 Å². The molecule has 1 aliphatic rings. The van der Waals surface area contributed by atoms with Gasteiger partial charge in [-0.25, -0.2) is 4.99 Å². The largest absolute Gasteiger partial charge is 0.457 e. The number of amidine groups is 1. The van der Waals surface area contributed by atoms with E-state index in [1.165, 1.54) is 11.8 Å². The van der Waals surface area contributed by atoms with Crippen molar-refractivity contribution in [3.63, 3.8) is 0 Å². The van der Waals surface area contributed by atoms with Crippen LogP contribution < -0.4 is 4.90 Å². The van der Waals surface area contributed by atoms with Gasteiger partial charge in [0.1, 0.15) is 11.5 Å². The third-order valence-corrected chi connectivity index (χ3v) is 6.61. The number of para-hydroxylation sites is 2. The second-order valence-corrected chi connectivity index (χ2v) is 8.97. The lowest BCUT2D eigenvalue weighted by atomic mass is 10.2. The van der Waals surface area contributed by atoms with Crippen molar-refractivity contribution in [2.75, 3.05) is 4.90 Å². The second-order valence-electron chi connectivity index (χ2n) is 7.15. The van der Waals surface area contributed by atoms with E-state index in [1.807, 2.05) is 78.9 Å². The molecule has 0 unspecified atom stereocenters. The molecule has 3 aromatic carbocycles. The summed E-state index contributed by atoms with van der Waals surface area (Å²) in [4.78, 5) is 20.2. The van der Waals surface area contributed by atoms with Crippen molar-refractivity contribution in [3.05, 3.63) is 112 Å². The molecule has 2 heterocycles. The van der Waals surface area contributed by atoms with E-state index in [1.54, 1.807) is 23.1 Å². The van der Waals surface area contributed by atoms with Crippen LogP contribution in [0.1, 0.15) is 5.76 Å². The van der Waals surface area contributed by atoms with Gasteiger partial charge in [-0.3, -0.25) is 9.69 Å². The zero-order valence-electron chi connectivity index (χ0n) is 17.1. The van der Waals surface area contributed by atoms with Gasteiger partial charge in [-0.1, -0.05) is 59.6 Å². The smallest absolute Gasteiger partial charge is 0.271 e. The van der Waals surface area contributed by atoms with Gasteiger partial charge < -0.3 is 4.42 Å². The van der Waals surface area contributed by atoms with Gasteiger partial charge in [0.2, 0.25) is 0 Å². The van der Waals surface area contributed by atoms with E-state index < -0.39 is 0 Å². The van der Waals surface area contributed by atoms with Gasteiger partial charge in [0, 0.05) is 11.6 Å². The van der Waals surface area contributed by atoms with Crippen LogP contribution in [0.3, 0.4) is 0 Å². The average Bonchev–Trinajstić information content (AvgIpc) is 3.42. The molecular formula is C26H16Cl2N2O2S. The Morgan fingerprint density at radius 2 is 1.58 bits per heavy atom. The van der Waals surface area contributed by atoms with Crippen LogP contribution in [0.15, 0.2) is 105 Å². The standard InChI is InChI=1S/C26H16Cl2N2O2S/c27-21-13-11-17(15-22(21)28)23-14-12-20(32-23)16-24-25(31)30(19-9-5-2-6-10-19)26(33-24)29-18-7-3-1-4-8-18/h1-16H/b24-16+,29-26?. The van der Waals surface area contributed by atoms with E-state index in [9.17, 15) is 4.79 Å². The number of rotatable bonds is 4. The molecule has 0 radical (unpaired) electrons. The number of amides is 1. The van der Waals surface area contributed by atoms with Gasteiger partial charge in [0.15, 0.2) is 5.17 Å². The van der Waals surface area contributed by atoms with Crippen molar-refractivity contribution in [1.82, 2.24) is 0 Å². The van der Waals surface area contributed by atoms with Crippen molar-refractivity contribution >= 4 is 63.5 Å². The first-order chi connectivity index (χ1) is 16.1. The van der Waals surface area contributed by atoms with Crippen LogP contribution >= 0.6 is 35.0 Å². The SMILES string of the molecule is O=C1/C(=C\c2ccc(-c3ccc(Cl)c(Cl)c3)o2)SC(=Nc2ccccc2)N1c1ccccc1. The third kappa shape index (κ3) is 4.62.